The number of aliphatic hydroxyl groups excluding tert-OH is 1. The summed E-state index contributed by atoms with van der Waals surface area (Å²) in [5.74, 6) is -0.209. The highest BCUT2D eigenvalue weighted by Crippen LogP contribution is 2.29. The Hall–Kier alpha value is -1.13. The number of carbonyl (C=O) groups is 1. The van der Waals surface area contributed by atoms with E-state index in [4.69, 9.17) is 11.6 Å². The third-order valence-corrected chi connectivity index (χ3v) is 4.30. The van der Waals surface area contributed by atoms with E-state index in [0.717, 1.165) is 25.7 Å². The van der Waals surface area contributed by atoms with Crippen LogP contribution in [0.1, 0.15) is 36.0 Å². The maximum absolute atomic E-state index is 13.0. The molecule has 20 heavy (non-hydrogen) atoms. The van der Waals surface area contributed by atoms with Crippen LogP contribution < -0.4 is 5.32 Å². The highest BCUT2D eigenvalue weighted by molar-refractivity contribution is 6.31. The molecule has 110 valence electrons. The second-order valence-corrected chi connectivity index (χ2v) is 5.73. The largest absolute Gasteiger partial charge is 0.396 e. The Balaban J connectivity index is 1.92. The molecule has 0 spiro atoms. The second-order valence-electron chi connectivity index (χ2n) is 5.33. The third-order valence-electron chi connectivity index (χ3n) is 4.01. The van der Waals surface area contributed by atoms with E-state index in [-0.39, 0.29) is 23.5 Å². The monoisotopic (exact) mass is 299 g/mol. The third kappa shape index (κ3) is 3.70. The van der Waals surface area contributed by atoms with E-state index in [2.05, 4.69) is 5.32 Å². The number of rotatable bonds is 4. The molecule has 0 bridgehead atoms. The molecule has 0 saturated heterocycles. The topological polar surface area (TPSA) is 49.3 Å². The summed E-state index contributed by atoms with van der Waals surface area (Å²) in [6.07, 6.45) is 4.32. The molecule has 2 N–H and O–H groups in total. The summed E-state index contributed by atoms with van der Waals surface area (Å²) < 4.78 is 13.0. The van der Waals surface area contributed by atoms with Gasteiger partial charge in [-0.15, -0.1) is 0 Å². The van der Waals surface area contributed by atoms with Gasteiger partial charge >= 0.3 is 0 Å². The first-order chi connectivity index (χ1) is 9.61. The highest BCUT2D eigenvalue weighted by atomic mass is 35.5. The number of amides is 1. The molecule has 1 aliphatic carbocycles. The van der Waals surface area contributed by atoms with Crippen molar-refractivity contribution in [1.29, 1.82) is 0 Å². The quantitative estimate of drug-likeness (QED) is 0.898. The fourth-order valence-electron chi connectivity index (χ4n) is 2.76. The van der Waals surface area contributed by atoms with E-state index in [1.165, 1.54) is 18.2 Å². The molecular weight excluding hydrogens is 281 g/mol. The average Bonchev–Trinajstić information content (AvgIpc) is 2.47. The number of hydrogen-bond donors (Lipinski definition) is 2. The first kappa shape index (κ1) is 15.3. The van der Waals surface area contributed by atoms with Crippen molar-refractivity contribution in [3.05, 3.63) is 34.6 Å². The fourth-order valence-corrected chi connectivity index (χ4v) is 2.94. The standard InChI is InChI=1S/C15H19ClFNO2/c16-13-7-10(5-6-14(13)17)15(20)18-8-11-3-1-2-4-12(11)9-19/h5-7,11-12,19H,1-4,8-9H2,(H,18,20). The predicted octanol–water partition coefficient (Wildman–Crippen LogP) is 3.01. The lowest BCUT2D eigenvalue weighted by Crippen LogP contribution is -2.35. The summed E-state index contributed by atoms with van der Waals surface area (Å²) in [7, 11) is 0. The van der Waals surface area contributed by atoms with Gasteiger partial charge in [-0.2, -0.15) is 0 Å². The van der Waals surface area contributed by atoms with E-state index in [1.807, 2.05) is 0 Å². The predicted molar refractivity (Wildman–Crippen MR) is 76.3 cm³/mol. The number of aliphatic hydroxyl groups is 1. The van der Waals surface area contributed by atoms with Crippen molar-refractivity contribution in [1.82, 2.24) is 5.32 Å². The van der Waals surface area contributed by atoms with E-state index in [0.29, 0.717) is 18.0 Å². The summed E-state index contributed by atoms with van der Waals surface area (Å²) in [6.45, 7) is 0.710. The number of hydrogen-bond acceptors (Lipinski definition) is 2. The Kier molecular flexibility index (Phi) is 5.38. The molecule has 0 radical (unpaired) electrons. The minimum absolute atomic E-state index is 0.0523. The van der Waals surface area contributed by atoms with Gasteiger partial charge in [0.25, 0.3) is 5.91 Å². The first-order valence-electron chi connectivity index (χ1n) is 6.96. The van der Waals surface area contributed by atoms with Crippen molar-refractivity contribution in [3.8, 4) is 0 Å². The van der Waals surface area contributed by atoms with Crippen LogP contribution in [-0.4, -0.2) is 24.2 Å². The summed E-state index contributed by atoms with van der Waals surface area (Å²) in [5, 5.41) is 12.1. The number of nitrogens with one attached hydrogen (secondary N) is 1. The number of carbonyl (C=O) groups excluding carboxylic acids is 1. The molecule has 0 heterocycles. The van der Waals surface area contributed by atoms with Gasteiger partial charge in [0.2, 0.25) is 0 Å². The molecule has 1 saturated carbocycles. The van der Waals surface area contributed by atoms with Gasteiger partial charge in [-0.1, -0.05) is 24.4 Å². The average molecular weight is 300 g/mol. The molecule has 1 aromatic rings. The van der Waals surface area contributed by atoms with Crippen molar-refractivity contribution >= 4 is 17.5 Å². The minimum Gasteiger partial charge on any atom is -0.396 e. The van der Waals surface area contributed by atoms with Crippen LogP contribution in [0.25, 0.3) is 0 Å². The zero-order chi connectivity index (χ0) is 14.5. The van der Waals surface area contributed by atoms with E-state index < -0.39 is 5.82 Å². The van der Waals surface area contributed by atoms with Gasteiger partial charge in [0.05, 0.1) is 5.02 Å². The van der Waals surface area contributed by atoms with Gasteiger partial charge in [0, 0.05) is 18.7 Å². The van der Waals surface area contributed by atoms with E-state index >= 15 is 0 Å². The SMILES string of the molecule is O=C(NCC1CCCCC1CO)c1ccc(F)c(Cl)c1. The molecule has 3 nitrogen and oxygen atoms in total. The zero-order valence-corrected chi connectivity index (χ0v) is 12.0. The van der Waals surface area contributed by atoms with Crippen molar-refractivity contribution in [3.63, 3.8) is 0 Å². The molecule has 0 aliphatic heterocycles. The molecule has 1 aliphatic rings. The van der Waals surface area contributed by atoms with Gasteiger partial charge in [-0.25, -0.2) is 4.39 Å². The summed E-state index contributed by atoms with van der Waals surface area (Å²) in [4.78, 5) is 12.0. The normalized spacial score (nSPS) is 22.6. The molecule has 1 amide bonds. The van der Waals surface area contributed by atoms with Crippen LogP contribution in [0.3, 0.4) is 0 Å². The van der Waals surface area contributed by atoms with Crippen LogP contribution in [-0.2, 0) is 0 Å². The van der Waals surface area contributed by atoms with Crippen LogP contribution in [0.15, 0.2) is 18.2 Å². The summed E-state index contributed by atoms with van der Waals surface area (Å²) >= 11 is 5.66. The van der Waals surface area contributed by atoms with Gasteiger partial charge in [0.1, 0.15) is 5.82 Å². The van der Waals surface area contributed by atoms with Crippen molar-refractivity contribution in [2.24, 2.45) is 11.8 Å². The van der Waals surface area contributed by atoms with Gasteiger partial charge < -0.3 is 10.4 Å². The zero-order valence-electron chi connectivity index (χ0n) is 11.2. The van der Waals surface area contributed by atoms with Crippen molar-refractivity contribution < 1.29 is 14.3 Å². The molecule has 1 fully saturated rings. The van der Waals surface area contributed by atoms with E-state index in [1.54, 1.807) is 0 Å². The lowest BCUT2D eigenvalue weighted by Gasteiger charge is -2.30. The van der Waals surface area contributed by atoms with Gasteiger partial charge in [-0.05, 0) is 42.9 Å². The van der Waals surface area contributed by atoms with Gasteiger partial charge in [0.15, 0.2) is 0 Å². The Bertz CT molecular complexity index is 481. The first-order valence-corrected chi connectivity index (χ1v) is 7.33. The Morgan fingerprint density at radius 1 is 1.35 bits per heavy atom. The Morgan fingerprint density at radius 3 is 2.70 bits per heavy atom. The second kappa shape index (κ2) is 7.04. The molecule has 2 atom stereocenters. The van der Waals surface area contributed by atoms with Crippen LogP contribution in [0.5, 0.6) is 0 Å². The lowest BCUT2D eigenvalue weighted by molar-refractivity contribution is 0.0909. The van der Waals surface area contributed by atoms with Crippen LogP contribution in [0.4, 0.5) is 4.39 Å². The van der Waals surface area contributed by atoms with Crippen LogP contribution in [0, 0.1) is 17.7 Å². The molecule has 2 rings (SSSR count). The summed E-state index contributed by atoms with van der Waals surface area (Å²) in [6, 6.07) is 3.94. The van der Waals surface area contributed by atoms with E-state index in [9.17, 15) is 14.3 Å². The molecule has 2 unspecified atom stereocenters. The highest BCUT2D eigenvalue weighted by Gasteiger charge is 2.24. The smallest absolute Gasteiger partial charge is 0.251 e. The summed E-state index contributed by atoms with van der Waals surface area (Å²) in [5.41, 5.74) is 0.354. The number of benzene rings is 1. The molecule has 1 aromatic carbocycles. The van der Waals surface area contributed by atoms with Crippen molar-refractivity contribution in [2.75, 3.05) is 13.2 Å². The van der Waals surface area contributed by atoms with Gasteiger partial charge in [-0.3, -0.25) is 4.79 Å². The minimum atomic E-state index is -0.532. The Labute approximate surface area is 123 Å². The lowest BCUT2D eigenvalue weighted by atomic mass is 9.79. The Morgan fingerprint density at radius 2 is 2.05 bits per heavy atom. The molecular formula is C15H19ClFNO2. The van der Waals surface area contributed by atoms with Crippen molar-refractivity contribution in [2.45, 2.75) is 25.7 Å². The maximum atomic E-state index is 13.0. The number of halogens is 2. The van der Waals surface area contributed by atoms with Crippen LogP contribution in [0.2, 0.25) is 5.02 Å². The fraction of sp³-hybridized carbons (Fsp3) is 0.533. The molecule has 5 heteroatoms. The molecule has 0 aromatic heterocycles. The maximum Gasteiger partial charge on any atom is 0.251 e. The van der Waals surface area contributed by atoms with Crippen LogP contribution >= 0.6 is 11.6 Å².